The van der Waals surface area contributed by atoms with Crippen molar-refractivity contribution in [3.05, 3.63) is 22.7 Å². The maximum absolute atomic E-state index is 12.3. The van der Waals surface area contributed by atoms with Crippen molar-refractivity contribution in [3.63, 3.8) is 0 Å². The van der Waals surface area contributed by atoms with Gasteiger partial charge in [0.1, 0.15) is 17.1 Å². The molecule has 1 fully saturated rings. The molecule has 2 rings (SSSR count). The van der Waals surface area contributed by atoms with Crippen LogP contribution in [0.1, 0.15) is 40.0 Å². The number of piperidine rings is 1. The third-order valence-corrected chi connectivity index (χ3v) is 4.94. The molecule has 0 spiro atoms. The number of ether oxygens (including phenoxy) is 3. The van der Waals surface area contributed by atoms with Crippen LogP contribution in [0.3, 0.4) is 0 Å². The van der Waals surface area contributed by atoms with E-state index in [4.69, 9.17) is 9.47 Å². The van der Waals surface area contributed by atoms with Crippen LogP contribution in [0.5, 0.6) is 11.5 Å². The summed E-state index contributed by atoms with van der Waals surface area (Å²) < 4.78 is 52.0. The molecular weight excluding hydrogens is 469 g/mol. The van der Waals surface area contributed by atoms with Crippen molar-refractivity contribution in [2.75, 3.05) is 26.2 Å². The van der Waals surface area contributed by atoms with E-state index in [0.29, 0.717) is 16.8 Å². The molecule has 1 aromatic carbocycles. The van der Waals surface area contributed by atoms with E-state index in [2.05, 4.69) is 30.9 Å². The first-order valence-corrected chi connectivity index (χ1v) is 10.6. The molecule has 30 heavy (non-hydrogen) atoms. The summed E-state index contributed by atoms with van der Waals surface area (Å²) in [7, 11) is 0. The Labute approximate surface area is 183 Å². The smallest absolute Gasteiger partial charge is 0.492 e. The number of carbonyl (C=O) groups excluding carboxylic acids is 1. The summed E-state index contributed by atoms with van der Waals surface area (Å²) in [4.78, 5) is 14.1. The Balaban J connectivity index is 1.65. The standard InChI is InChI=1S/C20H28BrF3N2O4/c1-19(2,3)30-18(27)25-14-7-10-26(11-8-14)9-4-12-28-17-6-5-15(13-16(17)21)29-20(22,23)24/h5-6,13-14H,4,7-12H2,1-3H3,(H,25,27). The van der Waals surface area contributed by atoms with Crippen molar-refractivity contribution < 1.29 is 32.2 Å². The van der Waals surface area contributed by atoms with Crippen molar-refractivity contribution in [2.24, 2.45) is 0 Å². The largest absolute Gasteiger partial charge is 0.573 e. The van der Waals surface area contributed by atoms with E-state index >= 15 is 0 Å². The first-order valence-electron chi connectivity index (χ1n) is 9.81. The highest BCUT2D eigenvalue weighted by Gasteiger charge is 2.31. The third kappa shape index (κ3) is 9.42. The minimum absolute atomic E-state index is 0.112. The molecule has 0 atom stereocenters. The molecule has 170 valence electrons. The molecule has 0 aromatic heterocycles. The van der Waals surface area contributed by atoms with Gasteiger partial charge in [0.2, 0.25) is 0 Å². The van der Waals surface area contributed by atoms with Gasteiger partial charge in [-0.25, -0.2) is 4.79 Å². The number of hydrogen-bond donors (Lipinski definition) is 1. The summed E-state index contributed by atoms with van der Waals surface area (Å²) in [5.41, 5.74) is -0.508. The van der Waals surface area contributed by atoms with Crippen LogP contribution in [0.25, 0.3) is 0 Å². The van der Waals surface area contributed by atoms with Gasteiger partial charge in [-0.2, -0.15) is 0 Å². The SMILES string of the molecule is CC(C)(C)OC(=O)NC1CCN(CCCOc2ccc(OC(F)(F)F)cc2Br)CC1. The summed E-state index contributed by atoms with van der Waals surface area (Å²) in [6.07, 6.45) is -2.63. The highest BCUT2D eigenvalue weighted by molar-refractivity contribution is 9.10. The van der Waals surface area contributed by atoms with Gasteiger partial charge in [0.25, 0.3) is 0 Å². The minimum Gasteiger partial charge on any atom is -0.492 e. The van der Waals surface area contributed by atoms with Gasteiger partial charge < -0.3 is 24.4 Å². The van der Waals surface area contributed by atoms with Crippen LogP contribution in [0.4, 0.5) is 18.0 Å². The molecule has 0 saturated carbocycles. The monoisotopic (exact) mass is 496 g/mol. The zero-order chi connectivity index (χ0) is 22.4. The fourth-order valence-corrected chi connectivity index (χ4v) is 3.51. The van der Waals surface area contributed by atoms with Crippen molar-refractivity contribution >= 4 is 22.0 Å². The maximum atomic E-state index is 12.3. The second-order valence-electron chi connectivity index (χ2n) is 8.10. The first-order chi connectivity index (χ1) is 13.9. The zero-order valence-electron chi connectivity index (χ0n) is 17.4. The van der Waals surface area contributed by atoms with E-state index in [1.807, 2.05) is 20.8 Å². The van der Waals surface area contributed by atoms with Gasteiger partial charge in [0.15, 0.2) is 0 Å². The number of benzene rings is 1. The Morgan fingerprint density at radius 3 is 2.47 bits per heavy atom. The number of halogens is 4. The van der Waals surface area contributed by atoms with E-state index in [0.717, 1.165) is 38.9 Å². The summed E-state index contributed by atoms with van der Waals surface area (Å²) in [6, 6.07) is 4.00. The van der Waals surface area contributed by atoms with Crippen LogP contribution in [-0.4, -0.2) is 55.2 Å². The number of alkyl halides is 3. The predicted molar refractivity (Wildman–Crippen MR) is 110 cm³/mol. The molecule has 0 aliphatic carbocycles. The Hall–Kier alpha value is -1.68. The second kappa shape index (κ2) is 10.6. The Morgan fingerprint density at radius 2 is 1.90 bits per heavy atom. The summed E-state index contributed by atoms with van der Waals surface area (Å²) in [5, 5.41) is 2.91. The Morgan fingerprint density at radius 1 is 1.23 bits per heavy atom. The van der Waals surface area contributed by atoms with Gasteiger partial charge in [-0.15, -0.1) is 13.2 Å². The van der Waals surface area contributed by atoms with Gasteiger partial charge in [-0.05, 0) is 74.2 Å². The van der Waals surface area contributed by atoms with E-state index in [1.54, 1.807) is 0 Å². The molecule has 1 aliphatic rings. The molecule has 10 heteroatoms. The predicted octanol–water partition coefficient (Wildman–Crippen LogP) is 5.11. The molecule has 1 aliphatic heterocycles. The number of alkyl carbamates (subject to hydrolysis) is 1. The molecule has 0 radical (unpaired) electrons. The molecule has 0 unspecified atom stereocenters. The lowest BCUT2D eigenvalue weighted by molar-refractivity contribution is -0.274. The fraction of sp³-hybridized carbons (Fsp3) is 0.650. The molecule has 6 nitrogen and oxygen atoms in total. The van der Waals surface area contributed by atoms with Crippen molar-refractivity contribution in [3.8, 4) is 11.5 Å². The van der Waals surface area contributed by atoms with E-state index < -0.39 is 12.0 Å². The van der Waals surface area contributed by atoms with Gasteiger partial charge in [0.05, 0.1) is 11.1 Å². The van der Waals surface area contributed by atoms with Crippen LogP contribution in [0.15, 0.2) is 22.7 Å². The first kappa shape index (κ1) is 24.6. The van der Waals surface area contributed by atoms with Crippen LogP contribution >= 0.6 is 15.9 Å². The number of hydrogen-bond acceptors (Lipinski definition) is 5. The number of amides is 1. The Bertz CT molecular complexity index is 702. The number of rotatable bonds is 7. The van der Waals surface area contributed by atoms with Crippen molar-refractivity contribution in [2.45, 2.75) is 58.0 Å². The number of nitrogens with one attached hydrogen (secondary N) is 1. The van der Waals surface area contributed by atoms with Gasteiger partial charge >= 0.3 is 12.5 Å². The molecule has 0 bridgehead atoms. The minimum atomic E-state index is -4.72. The van der Waals surface area contributed by atoms with E-state index in [1.165, 1.54) is 18.2 Å². The van der Waals surface area contributed by atoms with Crippen LogP contribution in [0, 0.1) is 0 Å². The number of nitrogens with zero attached hydrogens (tertiary/aromatic N) is 1. The van der Waals surface area contributed by atoms with Crippen LogP contribution in [-0.2, 0) is 4.74 Å². The van der Waals surface area contributed by atoms with Gasteiger partial charge in [-0.3, -0.25) is 0 Å². The highest BCUT2D eigenvalue weighted by atomic mass is 79.9. The van der Waals surface area contributed by atoms with Crippen molar-refractivity contribution in [1.82, 2.24) is 10.2 Å². The molecule has 1 amide bonds. The maximum Gasteiger partial charge on any atom is 0.573 e. The second-order valence-corrected chi connectivity index (χ2v) is 8.96. The lowest BCUT2D eigenvalue weighted by Crippen LogP contribution is -2.46. The normalized spacial score (nSPS) is 16.2. The number of likely N-dealkylation sites (tertiary alicyclic amines) is 1. The van der Waals surface area contributed by atoms with Crippen LogP contribution in [0.2, 0.25) is 0 Å². The van der Waals surface area contributed by atoms with Gasteiger partial charge in [0, 0.05) is 25.7 Å². The average Bonchev–Trinajstić information content (AvgIpc) is 2.58. The third-order valence-electron chi connectivity index (χ3n) is 4.32. The molecule has 1 aromatic rings. The summed E-state index contributed by atoms with van der Waals surface area (Å²) >= 11 is 3.20. The average molecular weight is 497 g/mol. The number of carbonyl (C=O) groups is 1. The molecule has 1 N–H and O–H groups in total. The lowest BCUT2D eigenvalue weighted by Gasteiger charge is -2.32. The summed E-state index contributed by atoms with van der Waals surface area (Å²) in [6.45, 7) is 8.52. The highest BCUT2D eigenvalue weighted by Crippen LogP contribution is 2.32. The van der Waals surface area contributed by atoms with Crippen LogP contribution < -0.4 is 14.8 Å². The van der Waals surface area contributed by atoms with Gasteiger partial charge in [-0.1, -0.05) is 0 Å². The molecule has 1 heterocycles. The van der Waals surface area contributed by atoms with E-state index in [9.17, 15) is 18.0 Å². The Kier molecular flexibility index (Phi) is 8.66. The van der Waals surface area contributed by atoms with Crippen molar-refractivity contribution in [1.29, 1.82) is 0 Å². The fourth-order valence-electron chi connectivity index (χ4n) is 3.04. The molecule has 1 saturated heterocycles. The zero-order valence-corrected chi connectivity index (χ0v) is 18.9. The molecular formula is C20H28BrF3N2O4. The summed E-state index contributed by atoms with van der Waals surface area (Å²) in [5.74, 6) is 0.161. The van der Waals surface area contributed by atoms with E-state index in [-0.39, 0.29) is 17.9 Å². The topological polar surface area (TPSA) is 60.0 Å². The quantitative estimate of drug-likeness (QED) is 0.531. The lowest BCUT2D eigenvalue weighted by atomic mass is 10.1.